The monoisotopic (exact) mass is 332 g/mol. The zero-order valence-corrected chi connectivity index (χ0v) is 13.9. The molecule has 0 bridgehead atoms. The molecule has 0 aromatic rings. The van der Waals surface area contributed by atoms with Crippen LogP contribution >= 0.6 is 0 Å². The Kier molecular flexibility index (Phi) is 3.79. The number of fused-ring (bicyclic) bond motifs is 3. The largest absolute Gasteiger partial charge is 0.465 e. The van der Waals surface area contributed by atoms with Crippen molar-refractivity contribution in [2.24, 2.45) is 5.41 Å². The van der Waals surface area contributed by atoms with E-state index in [1.54, 1.807) is 20.8 Å². The fraction of sp³-hybridized carbons (Fsp3) is 0.933. The van der Waals surface area contributed by atoms with Crippen LogP contribution < -0.4 is 0 Å². The average Bonchev–Trinajstić information content (AvgIpc) is 2.99. The molecule has 3 aliphatic heterocycles. The van der Waals surface area contributed by atoms with Gasteiger partial charge in [-0.2, -0.15) is 0 Å². The molecule has 8 heteroatoms. The van der Waals surface area contributed by atoms with Crippen molar-refractivity contribution in [1.29, 1.82) is 0 Å². The molecule has 0 radical (unpaired) electrons. The lowest BCUT2D eigenvalue weighted by atomic mass is 9.79. The van der Waals surface area contributed by atoms with Crippen LogP contribution in [0.15, 0.2) is 0 Å². The Hall–Kier alpha value is -0.770. The Morgan fingerprint density at radius 3 is 2.43 bits per heavy atom. The van der Waals surface area contributed by atoms with E-state index < -0.39 is 53.7 Å². The molecule has 3 rings (SSSR count). The number of aliphatic hydroxyl groups excluding tert-OH is 1. The van der Waals surface area contributed by atoms with E-state index >= 15 is 0 Å². The van der Waals surface area contributed by atoms with Gasteiger partial charge in [-0.25, -0.2) is 0 Å². The van der Waals surface area contributed by atoms with Crippen LogP contribution in [0.5, 0.6) is 0 Å². The summed E-state index contributed by atoms with van der Waals surface area (Å²) in [5, 5.41) is 21.4. The number of hydrogen-bond donors (Lipinski definition) is 2. The molecule has 0 aromatic heterocycles. The van der Waals surface area contributed by atoms with E-state index in [0.717, 1.165) is 0 Å². The molecule has 3 aliphatic rings. The maximum absolute atomic E-state index is 12.2. The van der Waals surface area contributed by atoms with Gasteiger partial charge in [0.2, 0.25) is 5.79 Å². The summed E-state index contributed by atoms with van der Waals surface area (Å²) in [6, 6.07) is 0. The first-order chi connectivity index (χ1) is 10.5. The van der Waals surface area contributed by atoms with E-state index in [1.165, 1.54) is 13.8 Å². The fourth-order valence-electron chi connectivity index (χ4n) is 3.37. The molecule has 0 saturated carbocycles. The first-order valence-corrected chi connectivity index (χ1v) is 7.80. The minimum absolute atomic E-state index is 0.160. The van der Waals surface area contributed by atoms with Crippen LogP contribution in [0, 0.1) is 5.41 Å². The van der Waals surface area contributed by atoms with E-state index in [2.05, 4.69) is 0 Å². The molecule has 0 amide bonds. The molecule has 132 valence electrons. The zero-order valence-electron chi connectivity index (χ0n) is 13.9. The summed E-state index contributed by atoms with van der Waals surface area (Å²) >= 11 is 0. The van der Waals surface area contributed by atoms with Gasteiger partial charge in [0.15, 0.2) is 12.1 Å². The Morgan fingerprint density at radius 2 is 1.83 bits per heavy atom. The summed E-state index contributed by atoms with van der Waals surface area (Å²) in [5.74, 6) is -3.65. The van der Waals surface area contributed by atoms with Gasteiger partial charge in [0.25, 0.3) is 0 Å². The molecule has 6 atom stereocenters. The predicted octanol–water partition coefficient (Wildman–Crippen LogP) is -0.0996. The van der Waals surface area contributed by atoms with Gasteiger partial charge in [0.1, 0.15) is 29.8 Å². The summed E-state index contributed by atoms with van der Waals surface area (Å²) < 4.78 is 27.7. The molecule has 23 heavy (non-hydrogen) atoms. The summed E-state index contributed by atoms with van der Waals surface area (Å²) in [4.78, 5) is 12.2. The van der Waals surface area contributed by atoms with Crippen LogP contribution in [0.4, 0.5) is 0 Å². The summed E-state index contributed by atoms with van der Waals surface area (Å²) in [6.07, 6.45) is -4.29. The van der Waals surface area contributed by atoms with Crippen LogP contribution in [-0.4, -0.2) is 65.1 Å². The van der Waals surface area contributed by atoms with E-state index in [9.17, 15) is 15.0 Å². The van der Waals surface area contributed by atoms with Crippen molar-refractivity contribution in [2.75, 3.05) is 6.61 Å². The first-order valence-electron chi connectivity index (χ1n) is 7.80. The van der Waals surface area contributed by atoms with Crippen molar-refractivity contribution < 1.29 is 38.7 Å². The van der Waals surface area contributed by atoms with Gasteiger partial charge in [-0.1, -0.05) is 0 Å². The highest BCUT2D eigenvalue weighted by atomic mass is 16.9. The highest BCUT2D eigenvalue weighted by molar-refractivity contribution is 5.77. The van der Waals surface area contributed by atoms with Gasteiger partial charge < -0.3 is 33.9 Å². The average molecular weight is 332 g/mol. The molecule has 0 aliphatic carbocycles. The number of hydrogen-bond acceptors (Lipinski definition) is 8. The number of carbonyl (C=O) groups is 1. The van der Waals surface area contributed by atoms with Gasteiger partial charge in [0, 0.05) is 0 Å². The maximum atomic E-state index is 12.2. The Balaban J connectivity index is 1.84. The van der Waals surface area contributed by atoms with Gasteiger partial charge >= 0.3 is 5.97 Å². The smallest absolute Gasteiger partial charge is 0.317 e. The van der Waals surface area contributed by atoms with Crippen LogP contribution in [-0.2, 0) is 28.5 Å². The van der Waals surface area contributed by atoms with Gasteiger partial charge in [-0.05, 0) is 34.6 Å². The third-order valence-corrected chi connectivity index (χ3v) is 4.74. The van der Waals surface area contributed by atoms with Crippen LogP contribution in [0.2, 0.25) is 0 Å². The topological polar surface area (TPSA) is 104 Å². The molecule has 0 aromatic carbocycles. The van der Waals surface area contributed by atoms with Crippen molar-refractivity contribution in [1.82, 2.24) is 0 Å². The molecule has 3 heterocycles. The summed E-state index contributed by atoms with van der Waals surface area (Å²) in [6.45, 7) is 8.23. The third kappa shape index (κ3) is 2.32. The van der Waals surface area contributed by atoms with E-state index in [-0.39, 0.29) is 6.61 Å². The van der Waals surface area contributed by atoms with E-state index in [4.69, 9.17) is 23.7 Å². The molecule has 8 nitrogen and oxygen atoms in total. The minimum atomic E-state index is -2.14. The van der Waals surface area contributed by atoms with E-state index in [0.29, 0.717) is 0 Å². The van der Waals surface area contributed by atoms with Crippen molar-refractivity contribution >= 4 is 5.97 Å². The molecule has 0 spiro atoms. The predicted molar refractivity (Wildman–Crippen MR) is 74.9 cm³/mol. The van der Waals surface area contributed by atoms with Crippen molar-refractivity contribution in [3.63, 3.8) is 0 Å². The second-order valence-electron chi connectivity index (χ2n) is 7.14. The molecule has 3 saturated heterocycles. The molecule has 3 fully saturated rings. The van der Waals surface area contributed by atoms with Crippen LogP contribution in [0.3, 0.4) is 0 Å². The molecule has 2 N–H and O–H groups in total. The standard InChI is InChI=1S/C15H24O8/c1-6-19-12(17)13(2,3)15(18)10(16)8-7(22-15)9-11(20-8)23-14(4,5)21-9/h7-11,16,18H,6H2,1-5H3/t7-,8-,9+,10+,11+,15+/m0/s1. The van der Waals surface area contributed by atoms with Gasteiger partial charge in [0.05, 0.1) is 6.61 Å². The number of ether oxygens (including phenoxy) is 5. The number of aliphatic hydroxyl groups is 2. The second-order valence-corrected chi connectivity index (χ2v) is 7.14. The normalized spacial score (nSPS) is 44.9. The molecule has 0 unspecified atom stereocenters. The Bertz CT molecular complexity index is 504. The Morgan fingerprint density at radius 1 is 1.17 bits per heavy atom. The molecular formula is C15H24O8. The number of esters is 1. The van der Waals surface area contributed by atoms with Crippen molar-refractivity contribution in [2.45, 2.75) is 76.9 Å². The van der Waals surface area contributed by atoms with Crippen LogP contribution in [0.25, 0.3) is 0 Å². The molecular weight excluding hydrogens is 308 g/mol. The van der Waals surface area contributed by atoms with Crippen LogP contribution in [0.1, 0.15) is 34.6 Å². The van der Waals surface area contributed by atoms with E-state index in [1.807, 2.05) is 0 Å². The fourth-order valence-corrected chi connectivity index (χ4v) is 3.37. The van der Waals surface area contributed by atoms with Crippen molar-refractivity contribution in [3.05, 3.63) is 0 Å². The van der Waals surface area contributed by atoms with Crippen molar-refractivity contribution in [3.8, 4) is 0 Å². The number of carbonyl (C=O) groups excluding carboxylic acids is 1. The summed E-state index contributed by atoms with van der Waals surface area (Å²) in [7, 11) is 0. The Labute approximate surface area is 134 Å². The zero-order chi connectivity index (χ0) is 17.2. The van der Waals surface area contributed by atoms with Gasteiger partial charge in [-0.15, -0.1) is 0 Å². The highest BCUT2D eigenvalue weighted by Crippen LogP contribution is 2.51. The second kappa shape index (κ2) is 5.11. The summed E-state index contributed by atoms with van der Waals surface area (Å²) in [5.41, 5.74) is -1.49. The lowest BCUT2D eigenvalue weighted by Crippen LogP contribution is -2.58. The lowest BCUT2D eigenvalue weighted by Gasteiger charge is -2.39. The SMILES string of the molecule is CCOC(=O)C(C)(C)[C@]1(O)O[C@@H]2[C@H]3OC(C)(C)O[C@H]3O[C@@H]2[C@H]1O. The van der Waals surface area contributed by atoms with Gasteiger partial charge in [-0.3, -0.25) is 4.79 Å². The lowest BCUT2D eigenvalue weighted by molar-refractivity contribution is -0.295. The highest BCUT2D eigenvalue weighted by Gasteiger charge is 2.71. The third-order valence-electron chi connectivity index (χ3n) is 4.74. The number of rotatable bonds is 3. The first kappa shape index (κ1) is 17.1. The minimum Gasteiger partial charge on any atom is -0.465 e. The quantitative estimate of drug-likeness (QED) is 0.691. The maximum Gasteiger partial charge on any atom is 0.317 e.